The van der Waals surface area contributed by atoms with Gasteiger partial charge in [0.2, 0.25) is 0 Å². The number of nitrogens with one attached hydrogen (secondary N) is 1. The van der Waals surface area contributed by atoms with E-state index in [4.69, 9.17) is 14.2 Å². The predicted octanol–water partition coefficient (Wildman–Crippen LogP) is 6.10. The van der Waals surface area contributed by atoms with Crippen LogP contribution >= 0.6 is 0 Å². The molecule has 1 saturated heterocycles. The highest BCUT2D eigenvalue weighted by Crippen LogP contribution is 2.53. The number of imide groups is 1. The van der Waals surface area contributed by atoms with Crippen molar-refractivity contribution in [3.63, 3.8) is 0 Å². The van der Waals surface area contributed by atoms with E-state index in [0.29, 0.717) is 18.6 Å². The second-order valence-electron chi connectivity index (χ2n) is 11.6. The van der Waals surface area contributed by atoms with Gasteiger partial charge in [-0.3, -0.25) is 14.5 Å². The molecular formula is C37H36N2O6. The summed E-state index contributed by atoms with van der Waals surface area (Å²) in [6, 6.07) is 34.1. The van der Waals surface area contributed by atoms with Crippen molar-refractivity contribution in [1.82, 2.24) is 10.2 Å². The zero-order chi connectivity index (χ0) is 31.4. The van der Waals surface area contributed by atoms with E-state index in [0.717, 1.165) is 28.0 Å². The van der Waals surface area contributed by atoms with Gasteiger partial charge in [-0.25, -0.2) is 4.79 Å². The number of carbonyl (C=O) groups excluding carboxylic acids is 3. The van der Waals surface area contributed by atoms with Gasteiger partial charge in [0.1, 0.15) is 23.6 Å². The first-order valence-corrected chi connectivity index (χ1v) is 15.1. The minimum Gasteiger partial charge on any atom is -0.497 e. The molecule has 1 aliphatic carbocycles. The Labute approximate surface area is 262 Å². The molecule has 1 N–H and O–H groups in total. The number of hydrogen-bond acceptors (Lipinski definition) is 6. The van der Waals surface area contributed by atoms with Crippen molar-refractivity contribution in [2.45, 2.75) is 37.5 Å². The van der Waals surface area contributed by atoms with Crippen LogP contribution in [0.4, 0.5) is 4.79 Å². The minimum atomic E-state index is -1.29. The van der Waals surface area contributed by atoms with Crippen molar-refractivity contribution < 1.29 is 28.6 Å². The third kappa shape index (κ3) is 6.27. The lowest BCUT2D eigenvalue weighted by atomic mass is 9.76. The maximum Gasteiger partial charge on any atom is 0.325 e. The summed E-state index contributed by atoms with van der Waals surface area (Å²) in [5.74, 6) is -0.413. The molecule has 6 rings (SSSR count). The SMILES string of the molecule is COc1ccc(COC(=O)[C@H]2C[C@@H]2[C@@]2(CC(c3ccccc3)c3ccccc3)NC(=O)N(Cc3ccc(OC)cc3)C2=O)cc1. The smallest absolute Gasteiger partial charge is 0.325 e. The molecule has 230 valence electrons. The van der Waals surface area contributed by atoms with Gasteiger partial charge in [-0.2, -0.15) is 0 Å². The molecule has 45 heavy (non-hydrogen) atoms. The molecule has 1 aliphatic heterocycles. The normalized spacial score (nSPS) is 20.6. The largest absolute Gasteiger partial charge is 0.497 e. The zero-order valence-corrected chi connectivity index (χ0v) is 25.3. The highest BCUT2D eigenvalue weighted by atomic mass is 16.5. The van der Waals surface area contributed by atoms with Gasteiger partial charge in [-0.15, -0.1) is 0 Å². The number of esters is 1. The van der Waals surface area contributed by atoms with Crippen molar-refractivity contribution in [3.8, 4) is 11.5 Å². The molecule has 8 heteroatoms. The van der Waals surface area contributed by atoms with Crippen LogP contribution in [-0.4, -0.2) is 42.6 Å². The highest BCUT2D eigenvalue weighted by Gasteiger charge is 2.65. The lowest BCUT2D eigenvalue weighted by Gasteiger charge is -2.32. The first kappa shape index (κ1) is 29.9. The van der Waals surface area contributed by atoms with Gasteiger partial charge in [-0.05, 0) is 59.4 Å². The second kappa shape index (κ2) is 12.9. The fraction of sp³-hybridized carbons (Fsp3) is 0.270. The molecule has 1 heterocycles. The first-order valence-electron chi connectivity index (χ1n) is 15.1. The van der Waals surface area contributed by atoms with Crippen molar-refractivity contribution in [2.24, 2.45) is 11.8 Å². The average molecular weight is 605 g/mol. The van der Waals surface area contributed by atoms with Gasteiger partial charge < -0.3 is 19.5 Å². The fourth-order valence-corrected chi connectivity index (χ4v) is 6.35. The topological polar surface area (TPSA) is 94.2 Å². The number of benzene rings is 4. The standard InChI is InChI=1S/C37H36N2O6/c1-43-29-17-13-25(14-18-29)23-39-35(41)37(38-36(39)42,22-32(27-9-5-3-6-10-27)28-11-7-4-8-12-28)33-21-31(33)34(40)45-24-26-15-19-30(44-2)20-16-26/h3-20,31-33H,21-24H2,1-2H3,(H,38,42)/t31-,33-,37+/m0/s1. The van der Waals surface area contributed by atoms with Crippen LogP contribution in [0.15, 0.2) is 109 Å². The number of methoxy groups -OCH3 is 2. The Hall–Kier alpha value is -5.11. The van der Waals surface area contributed by atoms with Crippen LogP contribution in [0.25, 0.3) is 0 Å². The molecule has 3 atom stereocenters. The molecule has 0 aromatic heterocycles. The number of carbonyl (C=O) groups is 3. The van der Waals surface area contributed by atoms with Crippen LogP contribution in [0.5, 0.6) is 11.5 Å². The van der Waals surface area contributed by atoms with E-state index in [2.05, 4.69) is 5.32 Å². The molecule has 0 radical (unpaired) electrons. The molecule has 0 unspecified atom stereocenters. The number of rotatable bonds is 12. The van der Waals surface area contributed by atoms with Crippen molar-refractivity contribution in [2.75, 3.05) is 14.2 Å². The third-order valence-electron chi connectivity index (χ3n) is 8.90. The van der Waals surface area contributed by atoms with Gasteiger partial charge in [-0.1, -0.05) is 84.9 Å². The summed E-state index contributed by atoms with van der Waals surface area (Å²) in [4.78, 5) is 42.7. The van der Waals surface area contributed by atoms with Gasteiger partial charge in [0.05, 0.1) is 26.7 Å². The number of nitrogens with zero attached hydrogens (tertiary/aromatic N) is 1. The van der Waals surface area contributed by atoms with Gasteiger partial charge in [0, 0.05) is 11.8 Å². The molecular weight excluding hydrogens is 568 g/mol. The Morgan fingerprint density at radius 3 is 1.87 bits per heavy atom. The van der Waals surface area contributed by atoms with E-state index in [9.17, 15) is 14.4 Å². The number of urea groups is 1. The minimum absolute atomic E-state index is 0.108. The third-order valence-corrected chi connectivity index (χ3v) is 8.90. The van der Waals surface area contributed by atoms with Crippen molar-refractivity contribution >= 4 is 17.9 Å². The molecule has 2 fully saturated rings. The Balaban J connectivity index is 1.29. The summed E-state index contributed by atoms with van der Waals surface area (Å²) in [5.41, 5.74) is 2.39. The summed E-state index contributed by atoms with van der Waals surface area (Å²) in [7, 11) is 3.18. The van der Waals surface area contributed by atoms with Gasteiger partial charge >= 0.3 is 12.0 Å². The van der Waals surface area contributed by atoms with Crippen molar-refractivity contribution in [1.29, 1.82) is 0 Å². The Morgan fingerprint density at radius 2 is 1.33 bits per heavy atom. The van der Waals surface area contributed by atoms with Gasteiger partial charge in [0.15, 0.2) is 0 Å². The summed E-state index contributed by atoms with van der Waals surface area (Å²) < 4.78 is 16.2. The molecule has 4 aromatic rings. The van der Waals surface area contributed by atoms with E-state index in [1.54, 1.807) is 26.4 Å². The maximum absolute atomic E-state index is 14.5. The second-order valence-corrected chi connectivity index (χ2v) is 11.6. The van der Waals surface area contributed by atoms with Crippen LogP contribution in [-0.2, 0) is 27.5 Å². The molecule has 1 saturated carbocycles. The van der Waals surface area contributed by atoms with Crippen LogP contribution in [0.3, 0.4) is 0 Å². The van der Waals surface area contributed by atoms with E-state index in [-0.39, 0.29) is 30.9 Å². The molecule has 4 aromatic carbocycles. The van der Waals surface area contributed by atoms with E-state index in [1.165, 1.54) is 4.90 Å². The zero-order valence-electron chi connectivity index (χ0n) is 25.3. The van der Waals surface area contributed by atoms with Crippen LogP contribution in [0, 0.1) is 11.8 Å². The number of hydrogen-bond donors (Lipinski definition) is 1. The lowest BCUT2D eigenvalue weighted by Crippen LogP contribution is -2.51. The van der Waals surface area contributed by atoms with Gasteiger partial charge in [0.25, 0.3) is 5.91 Å². The quantitative estimate of drug-likeness (QED) is 0.155. The number of amides is 3. The Morgan fingerprint density at radius 1 is 0.800 bits per heavy atom. The summed E-state index contributed by atoms with van der Waals surface area (Å²) in [6.45, 7) is 0.219. The highest BCUT2D eigenvalue weighted by molar-refractivity contribution is 6.08. The molecule has 0 bridgehead atoms. The summed E-state index contributed by atoms with van der Waals surface area (Å²) in [5, 5.41) is 3.10. The molecule has 8 nitrogen and oxygen atoms in total. The molecule has 0 spiro atoms. The maximum atomic E-state index is 14.5. The van der Waals surface area contributed by atoms with Crippen LogP contribution in [0.1, 0.15) is 41.0 Å². The summed E-state index contributed by atoms with van der Waals surface area (Å²) >= 11 is 0. The van der Waals surface area contributed by atoms with E-state index in [1.807, 2.05) is 97.1 Å². The number of ether oxygens (including phenoxy) is 3. The Kier molecular flexibility index (Phi) is 8.56. The fourth-order valence-electron chi connectivity index (χ4n) is 6.35. The van der Waals surface area contributed by atoms with E-state index >= 15 is 0 Å². The van der Waals surface area contributed by atoms with Crippen LogP contribution < -0.4 is 14.8 Å². The van der Waals surface area contributed by atoms with Crippen LogP contribution in [0.2, 0.25) is 0 Å². The lowest BCUT2D eigenvalue weighted by molar-refractivity contribution is -0.147. The average Bonchev–Trinajstić information content (AvgIpc) is 3.87. The molecule has 2 aliphatic rings. The first-order chi connectivity index (χ1) is 21.9. The molecule has 3 amide bonds. The predicted molar refractivity (Wildman–Crippen MR) is 169 cm³/mol. The van der Waals surface area contributed by atoms with E-state index < -0.39 is 23.4 Å². The van der Waals surface area contributed by atoms with Crippen molar-refractivity contribution in [3.05, 3.63) is 131 Å². The summed E-state index contributed by atoms with van der Waals surface area (Å²) in [6.07, 6.45) is 0.748. The Bertz CT molecular complexity index is 1600. The monoisotopic (exact) mass is 604 g/mol.